The first-order chi connectivity index (χ1) is 13.9. The van der Waals surface area contributed by atoms with Gasteiger partial charge < -0.3 is 10.2 Å². The van der Waals surface area contributed by atoms with Gasteiger partial charge in [0.2, 0.25) is 0 Å². The number of rotatable bonds is 4. The van der Waals surface area contributed by atoms with Crippen molar-refractivity contribution in [3.8, 4) is 11.3 Å². The van der Waals surface area contributed by atoms with Gasteiger partial charge in [0.1, 0.15) is 17.1 Å². The highest BCUT2D eigenvalue weighted by atomic mass is 19.3. The van der Waals surface area contributed by atoms with E-state index in [1.807, 2.05) is 7.05 Å². The summed E-state index contributed by atoms with van der Waals surface area (Å²) in [5.41, 5.74) is 0.496. The largest absolute Gasteiger partial charge is 0.349 e. The highest BCUT2D eigenvalue weighted by Crippen LogP contribution is 2.27. The molecule has 2 aromatic heterocycles. The number of amides is 1. The van der Waals surface area contributed by atoms with Crippen LogP contribution in [0.25, 0.3) is 16.9 Å². The molecule has 0 atom stereocenters. The van der Waals surface area contributed by atoms with Crippen LogP contribution in [0.5, 0.6) is 0 Å². The maximum absolute atomic E-state index is 13.6. The summed E-state index contributed by atoms with van der Waals surface area (Å²) in [4.78, 5) is 19.4. The molecule has 0 unspecified atom stereocenters. The molecule has 152 valence electrons. The quantitative estimate of drug-likeness (QED) is 0.726. The lowest BCUT2D eigenvalue weighted by Gasteiger charge is -2.29. The third-order valence-corrected chi connectivity index (χ3v) is 5.16. The summed E-state index contributed by atoms with van der Waals surface area (Å²) in [5, 5.41) is 6.91. The SMILES string of the molecule is CN1CCC(NC(=O)c2cnn3c(C(F)F)cc(-c4ccc(F)cc4)nc23)CC1. The maximum atomic E-state index is 13.6. The highest BCUT2D eigenvalue weighted by molar-refractivity contribution is 6.00. The second-order valence-electron chi connectivity index (χ2n) is 7.22. The number of fused-ring (bicyclic) bond motifs is 1. The summed E-state index contributed by atoms with van der Waals surface area (Å²) < 4.78 is 41.5. The monoisotopic (exact) mass is 403 g/mol. The van der Waals surface area contributed by atoms with Gasteiger partial charge in [0.05, 0.1) is 11.9 Å². The van der Waals surface area contributed by atoms with Crippen molar-refractivity contribution in [2.75, 3.05) is 20.1 Å². The van der Waals surface area contributed by atoms with E-state index >= 15 is 0 Å². The standard InChI is InChI=1S/C20H20F3N5O/c1-27-8-6-14(7-9-27)25-20(29)15-11-24-28-17(18(22)23)10-16(26-19(15)28)12-2-4-13(21)5-3-12/h2-5,10-11,14,18H,6-9H2,1H3,(H,25,29). The van der Waals surface area contributed by atoms with E-state index in [0.29, 0.717) is 5.56 Å². The number of likely N-dealkylation sites (tertiary alicyclic amines) is 1. The average molecular weight is 403 g/mol. The van der Waals surface area contributed by atoms with Gasteiger partial charge in [-0.25, -0.2) is 22.7 Å². The summed E-state index contributed by atoms with van der Waals surface area (Å²) in [6.45, 7) is 1.75. The molecule has 0 bridgehead atoms. The second-order valence-corrected chi connectivity index (χ2v) is 7.22. The molecule has 0 saturated carbocycles. The summed E-state index contributed by atoms with van der Waals surface area (Å²) in [5.74, 6) is -0.829. The van der Waals surface area contributed by atoms with E-state index < -0.39 is 18.1 Å². The Hall–Kier alpha value is -2.94. The Labute approximate surface area is 165 Å². The molecule has 0 radical (unpaired) electrons. The van der Waals surface area contributed by atoms with Crippen LogP contribution in [0, 0.1) is 5.82 Å². The summed E-state index contributed by atoms with van der Waals surface area (Å²) in [6, 6.07) is 6.59. The molecule has 3 aromatic rings. The Morgan fingerprint density at radius 3 is 2.55 bits per heavy atom. The van der Waals surface area contributed by atoms with Gasteiger partial charge in [-0.3, -0.25) is 4.79 Å². The number of aromatic nitrogens is 3. The van der Waals surface area contributed by atoms with Crippen LogP contribution >= 0.6 is 0 Å². The highest BCUT2D eigenvalue weighted by Gasteiger charge is 2.24. The third-order valence-electron chi connectivity index (χ3n) is 5.16. The van der Waals surface area contributed by atoms with E-state index in [1.54, 1.807) is 0 Å². The summed E-state index contributed by atoms with van der Waals surface area (Å²) >= 11 is 0. The van der Waals surface area contributed by atoms with E-state index in [2.05, 4.69) is 20.3 Å². The molecule has 0 aliphatic carbocycles. The van der Waals surface area contributed by atoms with E-state index in [4.69, 9.17) is 0 Å². The first-order valence-electron chi connectivity index (χ1n) is 9.34. The number of piperidine rings is 1. The average Bonchev–Trinajstić information content (AvgIpc) is 3.13. The predicted octanol–water partition coefficient (Wildman–Crippen LogP) is 3.30. The molecule has 9 heteroatoms. The van der Waals surface area contributed by atoms with Gasteiger partial charge in [-0.1, -0.05) is 0 Å². The van der Waals surface area contributed by atoms with Crippen LogP contribution in [0.3, 0.4) is 0 Å². The Morgan fingerprint density at radius 2 is 1.90 bits per heavy atom. The van der Waals surface area contributed by atoms with E-state index in [9.17, 15) is 18.0 Å². The lowest BCUT2D eigenvalue weighted by atomic mass is 10.1. The number of carbonyl (C=O) groups excluding carboxylic acids is 1. The van der Waals surface area contributed by atoms with Crippen molar-refractivity contribution in [2.24, 2.45) is 0 Å². The van der Waals surface area contributed by atoms with E-state index in [1.165, 1.54) is 36.5 Å². The van der Waals surface area contributed by atoms with Crippen molar-refractivity contribution in [1.82, 2.24) is 24.8 Å². The lowest BCUT2D eigenvalue weighted by molar-refractivity contribution is 0.0918. The van der Waals surface area contributed by atoms with E-state index in [0.717, 1.165) is 30.4 Å². The molecular weight excluding hydrogens is 383 g/mol. The van der Waals surface area contributed by atoms with Gasteiger partial charge in [0.15, 0.2) is 5.65 Å². The molecule has 1 N–H and O–H groups in total. The Morgan fingerprint density at radius 1 is 1.21 bits per heavy atom. The molecule has 29 heavy (non-hydrogen) atoms. The molecule has 6 nitrogen and oxygen atoms in total. The number of carbonyl (C=O) groups is 1. The maximum Gasteiger partial charge on any atom is 0.280 e. The predicted molar refractivity (Wildman–Crippen MR) is 101 cm³/mol. The molecule has 4 rings (SSSR count). The van der Waals surface area contributed by atoms with Crippen LogP contribution in [0.4, 0.5) is 13.2 Å². The fourth-order valence-corrected chi connectivity index (χ4v) is 3.49. The Bertz CT molecular complexity index is 1030. The van der Waals surface area contributed by atoms with Crippen LogP contribution in [-0.2, 0) is 0 Å². The van der Waals surface area contributed by atoms with Crippen LogP contribution in [0.15, 0.2) is 36.5 Å². The molecular formula is C20H20F3N5O. The lowest BCUT2D eigenvalue weighted by Crippen LogP contribution is -2.43. The zero-order valence-corrected chi connectivity index (χ0v) is 15.8. The van der Waals surface area contributed by atoms with Crippen LogP contribution in [0.1, 0.15) is 35.3 Å². The van der Waals surface area contributed by atoms with Crippen LogP contribution in [0.2, 0.25) is 0 Å². The fraction of sp³-hybridized carbons (Fsp3) is 0.350. The molecule has 3 heterocycles. The molecule has 1 amide bonds. The number of hydrogen-bond acceptors (Lipinski definition) is 4. The van der Waals surface area contributed by atoms with E-state index in [-0.39, 0.29) is 28.6 Å². The number of benzene rings is 1. The first-order valence-corrected chi connectivity index (χ1v) is 9.34. The molecule has 0 spiro atoms. The van der Waals surface area contributed by atoms with Gasteiger partial charge in [-0.05, 0) is 63.3 Å². The molecule has 1 aliphatic rings. The smallest absolute Gasteiger partial charge is 0.280 e. The second kappa shape index (κ2) is 7.82. The van der Waals surface area contributed by atoms with Crippen LogP contribution in [-0.4, -0.2) is 51.6 Å². The molecule has 1 saturated heterocycles. The number of alkyl halides is 2. The number of hydrogen-bond donors (Lipinski definition) is 1. The Kier molecular flexibility index (Phi) is 5.23. The molecule has 1 aromatic carbocycles. The summed E-state index contributed by atoms with van der Waals surface area (Å²) in [7, 11) is 2.02. The topological polar surface area (TPSA) is 62.5 Å². The normalized spacial score (nSPS) is 15.9. The van der Waals surface area contributed by atoms with Gasteiger partial charge in [0, 0.05) is 11.6 Å². The zero-order valence-electron chi connectivity index (χ0n) is 15.8. The minimum atomic E-state index is -2.82. The minimum absolute atomic E-state index is 0.0171. The van der Waals surface area contributed by atoms with Gasteiger partial charge in [0.25, 0.3) is 12.3 Å². The first kappa shape index (κ1) is 19.4. The zero-order chi connectivity index (χ0) is 20.5. The third kappa shape index (κ3) is 3.95. The fourth-order valence-electron chi connectivity index (χ4n) is 3.49. The summed E-state index contributed by atoms with van der Waals surface area (Å²) in [6.07, 6.45) is 0.0764. The van der Waals surface area contributed by atoms with Gasteiger partial charge in [-0.15, -0.1) is 0 Å². The minimum Gasteiger partial charge on any atom is -0.349 e. The van der Waals surface area contributed by atoms with Crippen LogP contribution < -0.4 is 5.32 Å². The number of nitrogens with zero attached hydrogens (tertiary/aromatic N) is 4. The molecule has 1 aliphatic heterocycles. The van der Waals surface area contributed by atoms with Crippen molar-refractivity contribution >= 4 is 11.6 Å². The van der Waals surface area contributed by atoms with Gasteiger partial charge in [-0.2, -0.15) is 5.10 Å². The number of halogens is 3. The Balaban J connectivity index is 1.71. The molecule has 1 fully saturated rings. The van der Waals surface area contributed by atoms with Gasteiger partial charge >= 0.3 is 0 Å². The van der Waals surface area contributed by atoms with Crippen molar-refractivity contribution in [2.45, 2.75) is 25.3 Å². The van der Waals surface area contributed by atoms with Crippen molar-refractivity contribution < 1.29 is 18.0 Å². The number of nitrogens with one attached hydrogen (secondary N) is 1. The van der Waals surface area contributed by atoms with Crippen molar-refractivity contribution in [3.63, 3.8) is 0 Å². The van der Waals surface area contributed by atoms with Crippen molar-refractivity contribution in [1.29, 1.82) is 0 Å². The van der Waals surface area contributed by atoms with Crippen molar-refractivity contribution in [3.05, 3.63) is 53.6 Å².